The summed E-state index contributed by atoms with van der Waals surface area (Å²) in [5, 5.41) is 12.2. The number of pyridine rings is 1. The van der Waals surface area contributed by atoms with Crippen molar-refractivity contribution >= 4 is 22.4 Å². The predicted octanol–water partition coefficient (Wildman–Crippen LogP) is 3.64. The van der Waals surface area contributed by atoms with Crippen LogP contribution in [0.15, 0.2) is 48.8 Å². The topological polar surface area (TPSA) is 78.7 Å². The lowest BCUT2D eigenvalue weighted by molar-refractivity contribution is 0.102. The molecule has 0 radical (unpaired) electrons. The Morgan fingerprint density at radius 2 is 2.17 bits per heavy atom. The molecule has 3 rings (SSSR count). The van der Waals surface area contributed by atoms with Crippen LogP contribution in [-0.4, -0.2) is 15.9 Å². The number of aryl methyl sites for hydroxylation is 1. The molecule has 1 amide bonds. The van der Waals surface area contributed by atoms with Crippen LogP contribution in [-0.2, 0) is 0 Å². The highest BCUT2D eigenvalue weighted by Gasteiger charge is 2.13. The maximum atomic E-state index is 12.3. The van der Waals surface area contributed by atoms with Gasteiger partial charge >= 0.3 is 0 Å². The van der Waals surface area contributed by atoms with E-state index in [1.54, 1.807) is 36.7 Å². The highest BCUT2D eigenvalue weighted by molar-refractivity contribution is 7.19. The van der Waals surface area contributed by atoms with Gasteiger partial charge in [0.05, 0.1) is 22.2 Å². The van der Waals surface area contributed by atoms with Crippen LogP contribution in [0.4, 0.5) is 5.13 Å². The van der Waals surface area contributed by atoms with Gasteiger partial charge in [-0.05, 0) is 31.2 Å². The van der Waals surface area contributed by atoms with E-state index in [0.29, 0.717) is 16.3 Å². The first-order chi connectivity index (χ1) is 11.2. The van der Waals surface area contributed by atoms with Crippen LogP contribution >= 0.6 is 11.3 Å². The van der Waals surface area contributed by atoms with Crippen LogP contribution in [0.3, 0.4) is 0 Å². The fourth-order valence-corrected chi connectivity index (χ4v) is 3.07. The minimum absolute atomic E-state index is 0.284. The molecule has 0 unspecified atom stereocenters. The third-order valence-corrected chi connectivity index (χ3v) is 4.32. The molecule has 0 aliphatic rings. The number of nitrogens with one attached hydrogen (secondary N) is 1. The van der Waals surface area contributed by atoms with Gasteiger partial charge in [-0.2, -0.15) is 5.26 Å². The zero-order chi connectivity index (χ0) is 16.2. The number of thiazole rings is 1. The van der Waals surface area contributed by atoms with Crippen LogP contribution in [0.1, 0.15) is 21.6 Å². The van der Waals surface area contributed by atoms with Crippen LogP contribution in [0.25, 0.3) is 10.4 Å². The summed E-state index contributed by atoms with van der Waals surface area (Å²) < 4.78 is 0. The van der Waals surface area contributed by atoms with Crippen molar-refractivity contribution in [1.29, 1.82) is 5.26 Å². The number of amides is 1. The molecule has 0 spiro atoms. The Morgan fingerprint density at radius 1 is 1.30 bits per heavy atom. The van der Waals surface area contributed by atoms with Crippen molar-refractivity contribution < 1.29 is 4.79 Å². The Balaban J connectivity index is 1.84. The molecule has 6 heteroatoms. The highest BCUT2D eigenvalue weighted by Crippen LogP contribution is 2.32. The van der Waals surface area contributed by atoms with Gasteiger partial charge < -0.3 is 0 Å². The molecule has 0 bridgehead atoms. The predicted molar refractivity (Wildman–Crippen MR) is 89.2 cm³/mol. The summed E-state index contributed by atoms with van der Waals surface area (Å²) in [4.78, 5) is 21.7. The molecule has 1 N–H and O–H groups in total. The third-order valence-electron chi connectivity index (χ3n) is 3.19. The third kappa shape index (κ3) is 3.25. The number of nitrogens with zero attached hydrogens (tertiary/aromatic N) is 3. The number of nitriles is 1. The summed E-state index contributed by atoms with van der Waals surface area (Å²) in [5.74, 6) is -0.284. The second kappa shape index (κ2) is 6.38. The summed E-state index contributed by atoms with van der Waals surface area (Å²) >= 11 is 1.40. The molecule has 5 nitrogen and oxygen atoms in total. The zero-order valence-corrected chi connectivity index (χ0v) is 13.1. The molecule has 0 saturated heterocycles. The van der Waals surface area contributed by atoms with Gasteiger partial charge in [0, 0.05) is 23.5 Å². The standard InChI is InChI=1S/C17H12N4OS/c1-11-15(14-6-3-7-19-10-14)23-17(20-11)21-16(22)13-5-2-4-12(8-13)9-18/h2-8,10H,1H3,(H,20,21,22). The summed E-state index contributed by atoms with van der Waals surface area (Å²) in [6.45, 7) is 1.89. The van der Waals surface area contributed by atoms with Gasteiger partial charge in [0.2, 0.25) is 0 Å². The average Bonchev–Trinajstić information content (AvgIpc) is 2.96. The Labute approximate surface area is 137 Å². The van der Waals surface area contributed by atoms with Gasteiger partial charge in [0.1, 0.15) is 0 Å². The second-order valence-electron chi connectivity index (χ2n) is 4.82. The molecule has 0 aliphatic heterocycles. The van der Waals surface area contributed by atoms with E-state index in [0.717, 1.165) is 16.1 Å². The fourth-order valence-electron chi connectivity index (χ4n) is 2.11. The Bertz CT molecular complexity index is 896. The number of carbonyl (C=O) groups is 1. The van der Waals surface area contributed by atoms with Crippen molar-refractivity contribution in [3.05, 3.63) is 65.6 Å². The van der Waals surface area contributed by atoms with Crippen LogP contribution in [0, 0.1) is 18.3 Å². The molecule has 1 aromatic carbocycles. The van der Waals surface area contributed by atoms with Crippen molar-refractivity contribution in [2.45, 2.75) is 6.92 Å². The summed E-state index contributed by atoms with van der Waals surface area (Å²) in [5.41, 5.74) is 2.68. The monoisotopic (exact) mass is 320 g/mol. The van der Waals surface area contributed by atoms with Gasteiger partial charge in [0.15, 0.2) is 5.13 Å². The van der Waals surface area contributed by atoms with E-state index in [1.807, 2.05) is 25.1 Å². The van der Waals surface area contributed by atoms with Gasteiger partial charge in [-0.15, -0.1) is 0 Å². The Hall–Kier alpha value is -3.04. The lowest BCUT2D eigenvalue weighted by Crippen LogP contribution is -2.11. The highest BCUT2D eigenvalue weighted by atomic mass is 32.1. The molecule has 0 atom stereocenters. The molecule has 2 heterocycles. The van der Waals surface area contributed by atoms with Crippen molar-refractivity contribution in [3.63, 3.8) is 0 Å². The molecule has 3 aromatic rings. The first kappa shape index (κ1) is 14.9. The Kier molecular flexibility index (Phi) is 4.13. The summed E-state index contributed by atoms with van der Waals surface area (Å²) in [7, 11) is 0. The summed E-state index contributed by atoms with van der Waals surface area (Å²) in [6, 6.07) is 12.4. The van der Waals surface area contributed by atoms with E-state index < -0.39 is 0 Å². The second-order valence-corrected chi connectivity index (χ2v) is 5.82. The van der Waals surface area contributed by atoms with E-state index in [-0.39, 0.29) is 5.91 Å². The van der Waals surface area contributed by atoms with Crippen molar-refractivity contribution in [2.75, 3.05) is 5.32 Å². The van der Waals surface area contributed by atoms with E-state index >= 15 is 0 Å². The average molecular weight is 320 g/mol. The fraction of sp³-hybridized carbons (Fsp3) is 0.0588. The van der Waals surface area contributed by atoms with E-state index in [2.05, 4.69) is 15.3 Å². The number of aromatic nitrogens is 2. The van der Waals surface area contributed by atoms with Gasteiger partial charge in [0.25, 0.3) is 5.91 Å². The number of carbonyl (C=O) groups excluding carboxylic acids is 1. The number of hydrogen-bond donors (Lipinski definition) is 1. The van der Waals surface area contributed by atoms with Crippen LogP contribution < -0.4 is 5.32 Å². The first-order valence-corrected chi connectivity index (χ1v) is 7.68. The number of benzene rings is 1. The molecule has 0 aliphatic carbocycles. The van der Waals surface area contributed by atoms with E-state index in [9.17, 15) is 4.79 Å². The van der Waals surface area contributed by atoms with E-state index in [1.165, 1.54) is 11.3 Å². The van der Waals surface area contributed by atoms with Crippen LogP contribution in [0.2, 0.25) is 0 Å². The number of rotatable bonds is 3. The van der Waals surface area contributed by atoms with Gasteiger partial charge in [-0.25, -0.2) is 4.98 Å². The SMILES string of the molecule is Cc1nc(NC(=O)c2cccc(C#N)c2)sc1-c1cccnc1. The molecule has 2 aromatic heterocycles. The summed E-state index contributed by atoms with van der Waals surface area (Å²) in [6.07, 6.45) is 3.48. The minimum atomic E-state index is -0.284. The molecule has 112 valence electrons. The lowest BCUT2D eigenvalue weighted by Gasteiger charge is -2.01. The molecule has 23 heavy (non-hydrogen) atoms. The van der Waals surface area contributed by atoms with E-state index in [4.69, 9.17) is 5.26 Å². The number of anilines is 1. The molecular weight excluding hydrogens is 308 g/mol. The molecular formula is C17H12N4OS. The largest absolute Gasteiger partial charge is 0.298 e. The zero-order valence-electron chi connectivity index (χ0n) is 12.3. The maximum Gasteiger partial charge on any atom is 0.257 e. The van der Waals surface area contributed by atoms with Crippen molar-refractivity contribution in [1.82, 2.24) is 9.97 Å². The number of hydrogen-bond acceptors (Lipinski definition) is 5. The van der Waals surface area contributed by atoms with Gasteiger partial charge in [-0.1, -0.05) is 23.5 Å². The minimum Gasteiger partial charge on any atom is -0.298 e. The first-order valence-electron chi connectivity index (χ1n) is 6.86. The van der Waals surface area contributed by atoms with Crippen molar-refractivity contribution in [3.8, 4) is 16.5 Å². The van der Waals surface area contributed by atoms with Crippen LogP contribution in [0.5, 0.6) is 0 Å². The van der Waals surface area contributed by atoms with Gasteiger partial charge in [-0.3, -0.25) is 15.1 Å². The lowest BCUT2D eigenvalue weighted by atomic mass is 10.1. The quantitative estimate of drug-likeness (QED) is 0.799. The molecule has 0 fully saturated rings. The normalized spacial score (nSPS) is 10.1. The maximum absolute atomic E-state index is 12.3. The smallest absolute Gasteiger partial charge is 0.257 e. The Morgan fingerprint density at radius 3 is 2.91 bits per heavy atom. The molecule has 0 saturated carbocycles. The van der Waals surface area contributed by atoms with Crippen molar-refractivity contribution in [2.24, 2.45) is 0 Å².